The number of anilines is 1. The molecule has 4 rings (SSSR count). The van der Waals surface area contributed by atoms with Gasteiger partial charge in [0.2, 0.25) is 0 Å². The third-order valence-corrected chi connectivity index (χ3v) is 4.30. The largest absolute Gasteiger partial charge is 0.490 e. The first kappa shape index (κ1) is 18.0. The van der Waals surface area contributed by atoms with Gasteiger partial charge in [-0.2, -0.15) is 0 Å². The minimum atomic E-state index is -0.259. The summed E-state index contributed by atoms with van der Waals surface area (Å²) in [7, 11) is 0. The predicted octanol–water partition coefficient (Wildman–Crippen LogP) is 3.09. The summed E-state index contributed by atoms with van der Waals surface area (Å²) in [5, 5.41) is 14.8. The van der Waals surface area contributed by atoms with Crippen LogP contribution < -0.4 is 14.8 Å². The summed E-state index contributed by atoms with van der Waals surface area (Å²) < 4.78 is 13.0. The molecule has 0 aliphatic heterocycles. The molecule has 1 fully saturated rings. The summed E-state index contributed by atoms with van der Waals surface area (Å²) in [5.41, 5.74) is 1.52. The van der Waals surface area contributed by atoms with Gasteiger partial charge in [0.15, 0.2) is 23.9 Å². The summed E-state index contributed by atoms with van der Waals surface area (Å²) in [5.74, 6) is 1.61. The molecule has 8 heteroatoms. The number of benzene rings is 2. The highest BCUT2D eigenvalue weighted by Crippen LogP contribution is 2.36. The molecule has 28 heavy (non-hydrogen) atoms. The first-order valence-corrected chi connectivity index (χ1v) is 9.27. The molecule has 1 heterocycles. The summed E-state index contributed by atoms with van der Waals surface area (Å²) in [6, 6.07) is 15.1. The highest BCUT2D eigenvalue weighted by molar-refractivity contribution is 5.92. The maximum Gasteiger partial charge on any atom is 0.262 e. The quantitative estimate of drug-likeness (QED) is 0.647. The number of tetrazole rings is 1. The molecule has 1 saturated carbocycles. The number of amides is 1. The summed E-state index contributed by atoms with van der Waals surface area (Å²) in [6.07, 6.45) is 2.18. The molecule has 0 radical (unpaired) electrons. The first-order valence-electron chi connectivity index (χ1n) is 9.27. The Hall–Kier alpha value is -3.42. The van der Waals surface area contributed by atoms with Crippen LogP contribution in [0, 0.1) is 0 Å². The zero-order chi connectivity index (χ0) is 19.3. The standard InChI is InChI=1S/C20H21N5O3/c1-2-27-17-8-3-4-9-18(17)28-13-19(26)21-15-7-5-6-14(12-15)20-22-23-24-25(20)16-10-11-16/h3-9,12,16H,2,10-11,13H2,1H3,(H,21,26). The van der Waals surface area contributed by atoms with E-state index in [2.05, 4.69) is 20.8 Å². The van der Waals surface area contributed by atoms with Crippen LogP contribution in [0.5, 0.6) is 11.5 Å². The van der Waals surface area contributed by atoms with Gasteiger partial charge in [-0.25, -0.2) is 4.68 Å². The molecule has 8 nitrogen and oxygen atoms in total. The number of nitrogens with one attached hydrogen (secondary N) is 1. The van der Waals surface area contributed by atoms with Crippen molar-refractivity contribution in [3.05, 3.63) is 48.5 Å². The minimum Gasteiger partial charge on any atom is -0.490 e. The van der Waals surface area contributed by atoms with E-state index < -0.39 is 0 Å². The van der Waals surface area contributed by atoms with Crippen LogP contribution in [0.4, 0.5) is 5.69 Å². The molecule has 144 valence electrons. The lowest BCUT2D eigenvalue weighted by atomic mass is 10.2. The Morgan fingerprint density at radius 2 is 1.93 bits per heavy atom. The summed E-state index contributed by atoms with van der Waals surface area (Å²) >= 11 is 0. The van der Waals surface area contributed by atoms with E-state index in [1.54, 1.807) is 6.07 Å². The van der Waals surface area contributed by atoms with E-state index in [4.69, 9.17) is 9.47 Å². The third kappa shape index (κ3) is 4.11. The van der Waals surface area contributed by atoms with E-state index in [9.17, 15) is 4.79 Å². The Morgan fingerprint density at radius 3 is 2.68 bits per heavy atom. The van der Waals surface area contributed by atoms with E-state index in [0.717, 1.165) is 18.4 Å². The SMILES string of the molecule is CCOc1ccccc1OCC(=O)Nc1cccc(-c2nnnn2C2CC2)c1. The fraction of sp³-hybridized carbons (Fsp3) is 0.300. The number of hydrogen-bond acceptors (Lipinski definition) is 6. The molecular weight excluding hydrogens is 358 g/mol. The number of carbonyl (C=O) groups is 1. The highest BCUT2D eigenvalue weighted by Gasteiger charge is 2.28. The molecule has 3 aromatic rings. The average Bonchev–Trinajstić information content (AvgIpc) is 3.44. The van der Waals surface area contributed by atoms with Crippen molar-refractivity contribution in [3.8, 4) is 22.9 Å². The summed E-state index contributed by atoms with van der Waals surface area (Å²) in [4.78, 5) is 12.3. The molecule has 2 aromatic carbocycles. The zero-order valence-corrected chi connectivity index (χ0v) is 15.5. The molecule has 0 spiro atoms. The molecule has 1 N–H and O–H groups in total. The fourth-order valence-corrected chi connectivity index (χ4v) is 2.87. The molecule has 0 saturated heterocycles. The van der Waals surface area contributed by atoms with Gasteiger partial charge in [0, 0.05) is 11.3 Å². The molecule has 1 aliphatic carbocycles. The van der Waals surface area contributed by atoms with E-state index in [0.29, 0.717) is 35.7 Å². The van der Waals surface area contributed by atoms with Crippen LogP contribution in [0.2, 0.25) is 0 Å². The van der Waals surface area contributed by atoms with Crippen LogP contribution >= 0.6 is 0 Å². The van der Waals surface area contributed by atoms with Crippen LogP contribution in [0.25, 0.3) is 11.4 Å². The van der Waals surface area contributed by atoms with Crippen LogP contribution in [-0.4, -0.2) is 39.3 Å². The highest BCUT2D eigenvalue weighted by atomic mass is 16.5. The molecular formula is C20H21N5O3. The van der Waals surface area contributed by atoms with Gasteiger partial charge < -0.3 is 14.8 Å². The number of ether oxygens (including phenoxy) is 2. The maximum atomic E-state index is 12.3. The van der Waals surface area contributed by atoms with E-state index in [1.165, 1.54) is 0 Å². The number of nitrogens with zero attached hydrogens (tertiary/aromatic N) is 4. The van der Waals surface area contributed by atoms with Crippen LogP contribution in [-0.2, 0) is 4.79 Å². The van der Waals surface area contributed by atoms with Crippen molar-refractivity contribution in [2.24, 2.45) is 0 Å². The summed E-state index contributed by atoms with van der Waals surface area (Å²) in [6.45, 7) is 2.31. The van der Waals surface area contributed by atoms with Gasteiger partial charge in [0.05, 0.1) is 12.6 Å². The van der Waals surface area contributed by atoms with Crippen LogP contribution in [0.15, 0.2) is 48.5 Å². The van der Waals surface area contributed by atoms with Crippen molar-refractivity contribution in [1.29, 1.82) is 0 Å². The van der Waals surface area contributed by atoms with E-state index in [-0.39, 0.29) is 12.5 Å². The molecule has 1 aromatic heterocycles. The second-order valence-electron chi connectivity index (χ2n) is 6.48. The average molecular weight is 379 g/mol. The van der Waals surface area contributed by atoms with Crippen molar-refractivity contribution >= 4 is 11.6 Å². The lowest BCUT2D eigenvalue weighted by molar-refractivity contribution is -0.118. The Balaban J connectivity index is 1.40. The molecule has 1 amide bonds. The zero-order valence-electron chi connectivity index (χ0n) is 15.5. The number of carbonyl (C=O) groups excluding carboxylic acids is 1. The molecule has 0 atom stereocenters. The lowest BCUT2D eigenvalue weighted by Crippen LogP contribution is -2.20. The van der Waals surface area contributed by atoms with Gasteiger partial charge in [-0.1, -0.05) is 24.3 Å². The first-order chi connectivity index (χ1) is 13.7. The monoisotopic (exact) mass is 379 g/mol. The molecule has 0 bridgehead atoms. The predicted molar refractivity (Wildman–Crippen MR) is 103 cm³/mol. The Bertz CT molecular complexity index is 968. The second kappa shape index (κ2) is 8.08. The topological polar surface area (TPSA) is 91.2 Å². The number of aromatic nitrogens is 4. The van der Waals surface area contributed by atoms with Crippen LogP contribution in [0.3, 0.4) is 0 Å². The van der Waals surface area contributed by atoms with Gasteiger partial charge in [0.25, 0.3) is 5.91 Å². The van der Waals surface area contributed by atoms with Crippen molar-refractivity contribution in [1.82, 2.24) is 20.2 Å². The smallest absolute Gasteiger partial charge is 0.262 e. The van der Waals surface area contributed by atoms with Gasteiger partial charge in [0.1, 0.15) is 0 Å². The number of para-hydroxylation sites is 2. The van der Waals surface area contributed by atoms with Crippen molar-refractivity contribution in [2.45, 2.75) is 25.8 Å². The van der Waals surface area contributed by atoms with Crippen molar-refractivity contribution < 1.29 is 14.3 Å². The Kier molecular flexibility index (Phi) is 5.18. The Labute approximate surface area is 162 Å². The van der Waals surface area contributed by atoms with Gasteiger partial charge >= 0.3 is 0 Å². The fourth-order valence-electron chi connectivity index (χ4n) is 2.87. The second-order valence-corrected chi connectivity index (χ2v) is 6.48. The normalized spacial score (nSPS) is 13.2. The van der Waals surface area contributed by atoms with Gasteiger partial charge in [-0.05, 0) is 54.5 Å². The van der Waals surface area contributed by atoms with Crippen molar-refractivity contribution in [3.63, 3.8) is 0 Å². The Morgan fingerprint density at radius 1 is 1.14 bits per heavy atom. The van der Waals surface area contributed by atoms with Gasteiger partial charge in [-0.15, -0.1) is 5.10 Å². The van der Waals surface area contributed by atoms with E-state index in [1.807, 2.05) is 54.1 Å². The minimum absolute atomic E-state index is 0.117. The van der Waals surface area contributed by atoms with Gasteiger partial charge in [-0.3, -0.25) is 4.79 Å². The maximum absolute atomic E-state index is 12.3. The third-order valence-electron chi connectivity index (χ3n) is 4.30. The molecule has 1 aliphatic rings. The molecule has 0 unspecified atom stereocenters. The lowest BCUT2D eigenvalue weighted by Gasteiger charge is -2.12. The van der Waals surface area contributed by atoms with Crippen LogP contribution in [0.1, 0.15) is 25.8 Å². The van der Waals surface area contributed by atoms with Crippen molar-refractivity contribution in [2.75, 3.05) is 18.5 Å². The number of hydrogen-bond donors (Lipinski definition) is 1. The van der Waals surface area contributed by atoms with E-state index >= 15 is 0 Å². The number of rotatable bonds is 8.